The van der Waals surface area contributed by atoms with Crippen LogP contribution in [0.25, 0.3) is 0 Å². The van der Waals surface area contributed by atoms with Gasteiger partial charge in [-0.1, -0.05) is 0 Å². The summed E-state index contributed by atoms with van der Waals surface area (Å²) in [5, 5.41) is 6.44. The Morgan fingerprint density at radius 2 is 1.00 bits per heavy atom. The zero-order valence-corrected chi connectivity index (χ0v) is 11.1. The molecular weight excluding hydrogens is 252 g/mol. The SMILES string of the molecule is C1CNCCN1.[Fe].[cH-]1[cH-][cH-][cH-][cH-]1.c1cc[cH-]c1. The Balaban J connectivity index is 0.000000221. The summed E-state index contributed by atoms with van der Waals surface area (Å²) in [4.78, 5) is 0. The van der Waals surface area contributed by atoms with Gasteiger partial charge in [0.25, 0.3) is 0 Å². The fourth-order valence-corrected chi connectivity index (χ4v) is 1.25. The van der Waals surface area contributed by atoms with Gasteiger partial charge in [-0.3, -0.25) is 0 Å². The average molecular weight is 272 g/mol. The molecule has 3 rings (SSSR count). The van der Waals surface area contributed by atoms with Crippen molar-refractivity contribution in [2.75, 3.05) is 26.2 Å². The first-order valence-corrected chi connectivity index (χ1v) is 5.75. The molecule has 2 N–H and O–H groups in total. The van der Waals surface area contributed by atoms with Crippen LogP contribution in [0.15, 0.2) is 60.7 Å². The van der Waals surface area contributed by atoms with Crippen molar-refractivity contribution < 1.29 is 17.1 Å². The summed E-state index contributed by atoms with van der Waals surface area (Å²) in [5.74, 6) is 0. The fraction of sp³-hybridized carbons (Fsp3) is 0.286. The van der Waals surface area contributed by atoms with Crippen molar-refractivity contribution >= 4 is 0 Å². The predicted octanol–water partition coefficient (Wildman–Crippen LogP) is 1.99. The topological polar surface area (TPSA) is 24.1 Å². The molecule has 0 atom stereocenters. The number of nitrogens with one attached hydrogen (secondary N) is 2. The van der Waals surface area contributed by atoms with E-state index in [4.69, 9.17) is 0 Å². The van der Waals surface area contributed by atoms with E-state index in [0.29, 0.717) is 0 Å². The van der Waals surface area contributed by atoms with Crippen molar-refractivity contribution in [1.82, 2.24) is 10.6 Å². The maximum Gasteiger partial charge on any atom is 0.00772 e. The second kappa shape index (κ2) is 13.2. The molecule has 0 aromatic heterocycles. The molecule has 1 saturated heterocycles. The van der Waals surface area contributed by atoms with Gasteiger partial charge < -0.3 is 41.0 Å². The summed E-state index contributed by atoms with van der Waals surface area (Å²) >= 11 is 0. The van der Waals surface area contributed by atoms with Crippen LogP contribution in [0.1, 0.15) is 0 Å². The van der Waals surface area contributed by atoms with E-state index in [2.05, 4.69) is 10.6 Å². The van der Waals surface area contributed by atoms with Gasteiger partial charge in [0.2, 0.25) is 0 Å². The fourth-order valence-electron chi connectivity index (χ4n) is 1.25. The molecule has 0 aliphatic carbocycles. The Morgan fingerprint density at radius 1 is 0.647 bits per heavy atom. The Bertz CT molecular complexity index is 214. The van der Waals surface area contributed by atoms with Gasteiger partial charge >= 0.3 is 0 Å². The Kier molecular flexibility index (Phi) is 12.5. The zero-order chi connectivity index (χ0) is 11.3. The molecule has 0 amide bonds. The van der Waals surface area contributed by atoms with Gasteiger partial charge in [-0.2, -0.15) is 18.2 Å². The third-order valence-electron chi connectivity index (χ3n) is 2.07. The summed E-state index contributed by atoms with van der Waals surface area (Å²) in [6, 6.07) is 20.0. The van der Waals surface area contributed by atoms with E-state index in [1.807, 2.05) is 60.7 Å². The molecule has 0 unspecified atom stereocenters. The minimum absolute atomic E-state index is 0. The Hall–Kier alpha value is -0.861. The molecule has 1 heterocycles. The minimum atomic E-state index is 0. The van der Waals surface area contributed by atoms with Gasteiger partial charge in [0, 0.05) is 43.2 Å². The molecule has 2 aromatic carbocycles. The van der Waals surface area contributed by atoms with Crippen molar-refractivity contribution in [2.45, 2.75) is 0 Å². The molecule has 1 aliphatic rings. The smallest absolute Gasteiger partial charge is 0.00772 e. The summed E-state index contributed by atoms with van der Waals surface area (Å²) in [7, 11) is 0. The molecule has 0 spiro atoms. The number of rotatable bonds is 0. The molecule has 2 aromatic rings. The van der Waals surface area contributed by atoms with Crippen LogP contribution in [0.3, 0.4) is 0 Å². The summed E-state index contributed by atoms with van der Waals surface area (Å²) in [6.45, 7) is 4.56. The van der Waals surface area contributed by atoms with Gasteiger partial charge in [0.1, 0.15) is 0 Å². The normalized spacial score (nSPS) is 13.2. The van der Waals surface area contributed by atoms with E-state index in [1.54, 1.807) is 0 Å². The van der Waals surface area contributed by atoms with Crippen LogP contribution in [-0.2, 0) is 17.1 Å². The van der Waals surface area contributed by atoms with Crippen molar-refractivity contribution in [3.05, 3.63) is 60.7 Å². The van der Waals surface area contributed by atoms with Crippen LogP contribution in [-0.4, -0.2) is 26.2 Å². The summed E-state index contributed by atoms with van der Waals surface area (Å²) < 4.78 is 0. The standard InChI is InChI=1S/2C5H5.C4H10N2.Fe/c2*1-2-4-5-3-1;1-2-6-4-3-5-1;/h2*1-5H;5-6H,1-4H2;/q-5;-1;;. The van der Waals surface area contributed by atoms with E-state index in [0.717, 1.165) is 26.2 Å². The molecule has 1 fully saturated rings. The van der Waals surface area contributed by atoms with E-state index < -0.39 is 0 Å². The third-order valence-corrected chi connectivity index (χ3v) is 2.07. The molecule has 17 heavy (non-hydrogen) atoms. The molecule has 1 aliphatic heterocycles. The predicted molar refractivity (Wildman–Crippen MR) is 69.8 cm³/mol. The first kappa shape index (κ1) is 16.1. The number of piperazine rings is 1. The van der Waals surface area contributed by atoms with Gasteiger partial charge in [-0.25, -0.2) is 12.1 Å². The van der Waals surface area contributed by atoms with Crippen LogP contribution in [0, 0.1) is 0 Å². The number of hydrogen-bond acceptors (Lipinski definition) is 2. The summed E-state index contributed by atoms with van der Waals surface area (Å²) in [5.41, 5.74) is 0. The van der Waals surface area contributed by atoms with E-state index >= 15 is 0 Å². The first-order chi connectivity index (χ1) is 8.00. The van der Waals surface area contributed by atoms with Gasteiger partial charge in [0.15, 0.2) is 0 Å². The zero-order valence-electron chi connectivity index (χ0n) is 9.96. The van der Waals surface area contributed by atoms with Crippen molar-refractivity contribution in [2.24, 2.45) is 0 Å². The van der Waals surface area contributed by atoms with E-state index in [1.165, 1.54) is 0 Å². The van der Waals surface area contributed by atoms with Crippen LogP contribution in [0.5, 0.6) is 0 Å². The second-order valence-corrected chi connectivity index (χ2v) is 3.42. The van der Waals surface area contributed by atoms with E-state index in [9.17, 15) is 0 Å². The molecule has 100 valence electrons. The van der Waals surface area contributed by atoms with Crippen LogP contribution >= 0.6 is 0 Å². The monoisotopic (exact) mass is 272 g/mol. The van der Waals surface area contributed by atoms with Crippen molar-refractivity contribution in [3.8, 4) is 0 Å². The Morgan fingerprint density at radius 3 is 1.18 bits per heavy atom. The van der Waals surface area contributed by atoms with Gasteiger partial charge in [-0.15, -0.1) is 0 Å². The summed E-state index contributed by atoms with van der Waals surface area (Å²) in [6.07, 6.45) is 0. The van der Waals surface area contributed by atoms with Gasteiger partial charge in [0.05, 0.1) is 0 Å². The molecule has 0 saturated carbocycles. The molecule has 3 heteroatoms. The van der Waals surface area contributed by atoms with Crippen LogP contribution < -0.4 is 10.6 Å². The second-order valence-electron chi connectivity index (χ2n) is 3.42. The van der Waals surface area contributed by atoms with E-state index in [-0.39, 0.29) is 17.1 Å². The Labute approximate surface area is 115 Å². The minimum Gasteiger partial charge on any atom is -0.748 e. The van der Waals surface area contributed by atoms with Gasteiger partial charge in [-0.05, 0) is 0 Å². The van der Waals surface area contributed by atoms with Crippen LogP contribution in [0.2, 0.25) is 0 Å². The number of hydrogen-bond donors (Lipinski definition) is 2. The largest absolute Gasteiger partial charge is 0.748 e. The maximum absolute atomic E-state index is 3.22. The molecular formula is C14H20FeN2-6. The molecule has 2 nitrogen and oxygen atoms in total. The molecule has 0 bridgehead atoms. The third kappa shape index (κ3) is 11.4. The first-order valence-electron chi connectivity index (χ1n) is 5.75. The van der Waals surface area contributed by atoms with Crippen LogP contribution in [0.4, 0.5) is 0 Å². The quantitative estimate of drug-likeness (QED) is 0.566. The van der Waals surface area contributed by atoms with Crippen molar-refractivity contribution in [1.29, 1.82) is 0 Å². The molecule has 0 radical (unpaired) electrons. The maximum atomic E-state index is 3.22. The average Bonchev–Trinajstić information content (AvgIpc) is 3.10. The van der Waals surface area contributed by atoms with Crippen molar-refractivity contribution in [3.63, 3.8) is 0 Å².